The van der Waals surface area contributed by atoms with E-state index in [-0.39, 0.29) is 20.7 Å². The smallest absolute Gasteiger partial charge is 0.252 e. The third kappa shape index (κ3) is 2.14. The number of carbonyl (C=O) groups excluding carboxylic acids is 1. The van der Waals surface area contributed by atoms with E-state index in [4.69, 9.17) is 11.6 Å². The summed E-state index contributed by atoms with van der Waals surface area (Å²) in [5.74, 6) is 0. The highest BCUT2D eigenvalue weighted by molar-refractivity contribution is 14.2. The average molecular weight is 295 g/mol. The molecule has 0 atom stereocenters. The van der Waals surface area contributed by atoms with Gasteiger partial charge in [0.05, 0.1) is 0 Å². The Morgan fingerprint density at radius 1 is 1.58 bits per heavy atom. The first-order chi connectivity index (χ1) is 5.65. The van der Waals surface area contributed by atoms with Gasteiger partial charge in [0.15, 0.2) is 0 Å². The summed E-state index contributed by atoms with van der Waals surface area (Å²) in [5.41, 5.74) is 1.76. The maximum absolute atomic E-state index is 10.8. The Balaban J connectivity index is 3.22. The summed E-state index contributed by atoms with van der Waals surface area (Å²) < 4.78 is 5.05. The van der Waals surface area contributed by atoms with E-state index in [2.05, 4.69) is 4.51 Å². The fraction of sp³-hybridized carbons (Fsp3) is 0.111. The molecule has 0 spiro atoms. The van der Waals surface area contributed by atoms with Crippen LogP contribution < -0.4 is 0 Å². The van der Waals surface area contributed by atoms with Gasteiger partial charge in [-0.1, -0.05) is 31.3 Å². The molecule has 0 N–H and O–H groups in total. The van der Waals surface area contributed by atoms with Crippen molar-refractivity contribution in [2.75, 3.05) is 0 Å². The van der Waals surface area contributed by atoms with Gasteiger partial charge in [-0.05, 0) is 36.2 Å². The summed E-state index contributed by atoms with van der Waals surface area (Å²) in [7, 11) is 0. The second-order valence-electron chi connectivity index (χ2n) is 2.37. The van der Waals surface area contributed by atoms with Gasteiger partial charge in [-0.25, -0.2) is 0 Å². The fourth-order valence-corrected chi connectivity index (χ4v) is 2.31. The minimum absolute atomic E-state index is 0.216. The van der Waals surface area contributed by atoms with Crippen molar-refractivity contribution in [2.45, 2.75) is 6.92 Å². The van der Waals surface area contributed by atoms with E-state index in [1.54, 1.807) is 6.07 Å². The zero-order chi connectivity index (χ0) is 9.14. The highest BCUT2D eigenvalue weighted by atomic mass is 127. The number of halogens is 2. The highest BCUT2D eigenvalue weighted by Crippen LogP contribution is 2.17. The number of carbonyl (C=O) groups is 1. The van der Waals surface area contributed by atoms with Crippen molar-refractivity contribution < 1.29 is 4.79 Å². The van der Waals surface area contributed by atoms with Gasteiger partial charge in [-0.15, -0.1) is 0 Å². The summed E-state index contributed by atoms with van der Waals surface area (Å²) in [6.45, 7) is 2.02. The van der Waals surface area contributed by atoms with E-state index < -0.39 is 5.24 Å². The molecule has 3 heteroatoms. The molecular weight excluding hydrogens is 286 g/mol. The molecule has 0 aromatic heterocycles. The molecule has 1 nitrogen and oxygen atoms in total. The predicted molar refractivity (Wildman–Crippen MR) is 61.2 cm³/mol. The van der Waals surface area contributed by atoms with Crippen molar-refractivity contribution in [1.82, 2.24) is 0 Å². The van der Waals surface area contributed by atoms with E-state index in [0.717, 1.165) is 0 Å². The van der Waals surface area contributed by atoms with Crippen LogP contribution in [0.2, 0.25) is 0 Å². The molecule has 0 saturated carbocycles. The fourth-order valence-electron chi connectivity index (χ4n) is 0.859. The van der Waals surface area contributed by atoms with Crippen molar-refractivity contribution in [2.24, 2.45) is 0 Å². The molecule has 64 valence electrons. The van der Waals surface area contributed by atoms with Crippen molar-refractivity contribution in [3.05, 3.63) is 32.9 Å². The SMILES string of the molecule is C=Ic1cc(C(=O)Cl)ccc1C. The lowest BCUT2D eigenvalue weighted by atomic mass is 10.2. The van der Waals surface area contributed by atoms with Crippen LogP contribution in [0, 0.1) is 10.5 Å². The van der Waals surface area contributed by atoms with Gasteiger partial charge in [-0.3, -0.25) is 4.79 Å². The van der Waals surface area contributed by atoms with E-state index in [0.29, 0.717) is 5.56 Å². The first-order valence-electron chi connectivity index (χ1n) is 3.34. The molecule has 0 radical (unpaired) electrons. The topological polar surface area (TPSA) is 17.1 Å². The molecular formula is C9H8ClIO. The van der Waals surface area contributed by atoms with Crippen LogP contribution in [0.4, 0.5) is 0 Å². The number of benzene rings is 1. The molecule has 1 aromatic rings. The zero-order valence-corrected chi connectivity index (χ0v) is 9.52. The van der Waals surface area contributed by atoms with Gasteiger partial charge in [0.25, 0.3) is 5.24 Å². The normalized spacial score (nSPS) is 9.83. The summed E-state index contributed by atoms with van der Waals surface area (Å²) in [6.07, 6.45) is 0. The minimum atomic E-state index is -0.395. The zero-order valence-electron chi connectivity index (χ0n) is 6.60. The molecule has 0 unspecified atom stereocenters. The summed E-state index contributed by atoms with van der Waals surface area (Å²) >= 11 is 5.12. The van der Waals surface area contributed by atoms with Gasteiger partial charge in [-0.2, -0.15) is 0 Å². The predicted octanol–water partition coefficient (Wildman–Crippen LogP) is 2.95. The Morgan fingerprint density at radius 2 is 2.25 bits per heavy atom. The first kappa shape index (κ1) is 9.86. The third-order valence-electron chi connectivity index (χ3n) is 1.54. The Labute approximate surface area is 86.5 Å². The minimum Gasteiger partial charge on any atom is -0.276 e. The van der Waals surface area contributed by atoms with Gasteiger partial charge >= 0.3 is 0 Å². The monoisotopic (exact) mass is 294 g/mol. The third-order valence-corrected chi connectivity index (χ3v) is 3.74. The average Bonchev–Trinajstić information content (AvgIpc) is 2.05. The van der Waals surface area contributed by atoms with Crippen molar-refractivity contribution in [3.63, 3.8) is 0 Å². The number of hydrogen-bond acceptors (Lipinski definition) is 1. The van der Waals surface area contributed by atoms with Crippen LogP contribution in [0.3, 0.4) is 0 Å². The van der Waals surface area contributed by atoms with Crippen LogP contribution in [0.25, 0.3) is 0 Å². The van der Waals surface area contributed by atoms with Crippen molar-refractivity contribution in [3.8, 4) is 0 Å². The van der Waals surface area contributed by atoms with Gasteiger partial charge in [0, 0.05) is 9.13 Å². The Kier molecular flexibility index (Phi) is 3.40. The lowest BCUT2D eigenvalue weighted by Crippen LogP contribution is -1.90. The molecule has 0 aliphatic rings. The Hall–Kier alpha value is -0.220. The van der Waals surface area contributed by atoms with Crippen molar-refractivity contribution >= 4 is 42.1 Å². The number of rotatable bonds is 2. The van der Waals surface area contributed by atoms with Crippen molar-refractivity contribution in [1.29, 1.82) is 0 Å². The second-order valence-corrected chi connectivity index (χ2v) is 4.64. The van der Waals surface area contributed by atoms with Crippen LogP contribution in [-0.4, -0.2) is 9.76 Å². The maximum Gasteiger partial charge on any atom is 0.252 e. The number of hydrogen-bond donors (Lipinski definition) is 0. The molecule has 0 saturated heterocycles. The van der Waals surface area contributed by atoms with Gasteiger partial charge < -0.3 is 0 Å². The standard InChI is InChI=1S/C9H8ClIO/c1-6-3-4-7(9(10)12)5-8(6)11-2/h3-5H,2H2,1H3. The molecule has 0 aliphatic heterocycles. The van der Waals surface area contributed by atoms with Gasteiger partial charge in [0.2, 0.25) is 0 Å². The van der Waals surface area contributed by atoms with Gasteiger partial charge in [0.1, 0.15) is 0 Å². The molecule has 0 heterocycles. The van der Waals surface area contributed by atoms with Crippen LogP contribution in [0.15, 0.2) is 18.2 Å². The largest absolute Gasteiger partial charge is 0.276 e. The summed E-state index contributed by atoms with van der Waals surface area (Å²) in [4.78, 5) is 10.8. The molecule has 12 heavy (non-hydrogen) atoms. The van der Waals surface area contributed by atoms with Crippen LogP contribution >= 0.6 is 32.3 Å². The lowest BCUT2D eigenvalue weighted by Gasteiger charge is -2.00. The highest BCUT2D eigenvalue weighted by Gasteiger charge is 2.02. The summed E-state index contributed by atoms with van der Waals surface area (Å²) in [5, 5.41) is -0.395. The van der Waals surface area contributed by atoms with Crippen LogP contribution in [0.1, 0.15) is 15.9 Å². The second kappa shape index (κ2) is 4.14. The van der Waals surface area contributed by atoms with E-state index in [1.165, 1.54) is 9.13 Å². The molecule has 0 amide bonds. The first-order valence-corrected chi connectivity index (χ1v) is 6.32. The van der Waals surface area contributed by atoms with E-state index >= 15 is 0 Å². The number of aryl methyl sites for hydroxylation is 1. The van der Waals surface area contributed by atoms with E-state index in [1.807, 2.05) is 19.1 Å². The molecule has 0 fully saturated rings. The maximum atomic E-state index is 10.8. The molecule has 0 aliphatic carbocycles. The Morgan fingerprint density at radius 3 is 2.75 bits per heavy atom. The lowest BCUT2D eigenvalue weighted by molar-refractivity contribution is 0.108. The molecule has 0 bridgehead atoms. The van der Waals surface area contributed by atoms with Crippen LogP contribution in [0.5, 0.6) is 0 Å². The molecule has 1 aromatic carbocycles. The quantitative estimate of drug-likeness (QED) is 0.605. The Bertz CT molecular complexity index is 333. The molecule has 1 rings (SSSR count). The summed E-state index contributed by atoms with van der Waals surface area (Å²) in [6, 6.07) is 5.49. The van der Waals surface area contributed by atoms with Crippen LogP contribution in [-0.2, 0) is 0 Å². The van der Waals surface area contributed by atoms with E-state index in [9.17, 15) is 4.79 Å².